The van der Waals surface area contributed by atoms with Crippen LogP contribution in [0.4, 0.5) is 5.88 Å². The maximum atomic E-state index is 13.4. The number of Topliss-reactive ketones (excluding diaryl/α,β-unsaturated/α-hetero) is 1. The number of nitrogens with one attached hydrogen (secondary N) is 1. The van der Waals surface area contributed by atoms with E-state index in [0.717, 1.165) is 6.07 Å². The summed E-state index contributed by atoms with van der Waals surface area (Å²) in [6, 6.07) is -0.230. The van der Waals surface area contributed by atoms with Gasteiger partial charge in [-0.2, -0.15) is 0 Å². The molecule has 0 saturated carbocycles. The number of rotatable bonds is 6. The molecule has 0 fully saturated rings. The van der Waals surface area contributed by atoms with Crippen LogP contribution in [-0.4, -0.2) is 26.1 Å². The van der Waals surface area contributed by atoms with E-state index in [4.69, 9.17) is 35.2 Å². The van der Waals surface area contributed by atoms with Crippen molar-refractivity contribution in [1.82, 2.24) is 5.16 Å². The molecule has 1 aromatic carbocycles. The molecule has 1 aliphatic rings. The van der Waals surface area contributed by atoms with Crippen LogP contribution in [0.1, 0.15) is 34.7 Å². The Labute approximate surface area is 185 Å². The number of carbonyl (C=O) groups is 1. The Hall–Kier alpha value is -2.56. The van der Waals surface area contributed by atoms with Crippen molar-refractivity contribution in [3.8, 4) is 11.5 Å². The number of sulfonamides is 1. The zero-order chi connectivity index (χ0) is 27.0. The standard InChI is InChI=1S/C18H15ClN2O6S2/c1-9-5-13-14(26-8-25-13)7-11(9)6-12(22)17-15(3-4-28-17)29(23,24)21-18-16(19)10(2)20-27-18/h3-5,7,21H,6,8H2,1-2H3/i5D,6D2,7D,8D2/hD. The van der Waals surface area contributed by atoms with E-state index in [2.05, 4.69) is 5.16 Å². The van der Waals surface area contributed by atoms with Gasteiger partial charge in [-0.25, -0.2) is 13.1 Å². The van der Waals surface area contributed by atoms with Gasteiger partial charge in [0.15, 0.2) is 18.7 Å². The lowest BCUT2D eigenvalue weighted by atomic mass is 10.0. The average Bonchev–Trinajstić information content (AvgIpc) is 3.49. The van der Waals surface area contributed by atoms with Crippen LogP contribution in [0.25, 0.3) is 0 Å². The van der Waals surface area contributed by atoms with Crippen molar-refractivity contribution < 1.29 is 36.8 Å². The average molecular weight is 462 g/mol. The summed E-state index contributed by atoms with van der Waals surface area (Å²) in [5.74, 6) is -2.98. The predicted molar refractivity (Wildman–Crippen MR) is 107 cm³/mol. The fraction of sp³-hybridized carbons (Fsp3) is 0.222. The summed E-state index contributed by atoms with van der Waals surface area (Å²) in [6.45, 7) is -0.0467. The van der Waals surface area contributed by atoms with Crippen LogP contribution in [0.3, 0.4) is 0 Å². The lowest BCUT2D eigenvalue weighted by Gasteiger charge is -2.09. The van der Waals surface area contributed by atoms with E-state index >= 15 is 0 Å². The fourth-order valence-corrected chi connectivity index (χ4v) is 4.72. The van der Waals surface area contributed by atoms with Crippen molar-refractivity contribution in [2.45, 2.75) is 25.1 Å². The summed E-state index contributed by atoms with van der Waals surface area (Å²) in [5.41, 5.74) is -0.703. The van der Waals surface area contributed by atoms with Gasteiger partial charge in [-0.1, -0.05) is 16.8 Å². The molecule has 0 amide bonds. The number of thiophene rings is 1. The summed E-state index contributed by atoms with van der Waals surface area (Å²) in [5, 5.41) is 4.45. The SMILES string of the molecule is [2H]c1c(C)c(C([2H])([2H])C(=O)c2sccc2S(=O)(=O)N([2H])c2onc(C)c2Cl)c([2H])c2c1OC([2H])([2H])O2. The molecule has 29 heavy (non-hydrogen) atoms. The third-order valence-electron chi connectivity index (χ3n) is 3.74. The van der Waals surface area contributed by atoms with Crippen molar-refractivity contribution in [3.05, 3.63) is 50.3 Å². The molecule has 0 aliphatic carbocycles. The van der Waals surface area contributed by atoms with Gasteiger partial charge in [0.05, 0.1) is 7.62 Å². The number of fused-ring (bicyclic) bond motifs is 1. The summed E-state index contributed by atoms with van der Waals surface area (Å²) < 4.78 is 97.6. The third-order valence-corrected chi connectivity index (χ3v) is 6.52. The fourth-order valence-electron chi connectivity index (χ4n) is 2.32. The molecule has 0 saturated heterocycles. The number of anilines is 1. The number of halogens is 1. The van der Waals surface area contributed by atoms with E-state index in [1.807, 2.05) is 0 Å². The highest BCUT2D eigenvalue weighted by Gasteiger charge is 2.27. The van der Waals surface area contributed by atoms with Gasteiger partial charge in [0.25, 0.3) is 15.9 Å². The number of aromatic nitrogens is 1. The van der Waals surface area contributed by atoms with E-state index in [1.54, 1.807) is 0 Å². The smallest absolute Gasteiger partial charge is 0.265 e. The molecular formula is C18H15ClN2O6S2. The first-order valence-corrected chi connectivity index (χ1v) is 10.5. The molecule has 3 heterocycles. The summed E-state index contributed by atoms with van der Waals surface area (Å²) in [7, 11) is -4.80. The molecular weight excluding hydrogens is 440 g/mol. The molecule has 0 unspecified atom stereocenters. The molecule has 0 spiro atoms. The number of aryl methyl sites for hydroxylation is 1. The summed E-state index contributed by atoms with van der Waals surface area (Å²) in [6.07, 6.45) is -3.06. The molecule has 152 valence electrons. The van der Waals surface area contributed by atoms with Crippen molar-refractivity contribution >= 4 is 44.6 Å². The molecule has 11 heteroatoms. The number of carbonyl (C=O) groups excluding carboxylic acids is 1. The highest BCUT2D eigenvalue weighted by atomic mass is 35.5. The molecule has 4 rings (SSSR count). The van der Waals surface area contributed by atoms with Crippen LogP contribution in [0.15, 0.2) is 32.9 Å². The van der Waals surface area contributed by atoms with Gasteiger partial charge in [0.2, 0.25) is 6.75 Å². The minimum absolute atomic E-state index is 0.0739. The Bertz CT molecular complexity index is 1520. The monoisotopic (exact) mass is 461 g/mol. The van der Waals surface area contributed by atoms with Crippen molar-refractivity contribution in [1.29, 1.82) is 0 Å². The molecule has 2 aromatic heterocycles. The Morgan fingerprint density at radius 3 is 2.86 bits per heavy atom. The molecule has 8 nitrogen and oxygen atoms in total. The first-order chi connectivity index (χ1) is 16.5. The number of ketones is 1. The van der Waals surface area contributed by atoms with Gasteiger partial charge < -0.3 is 14.0 Å². The molecule has 1 N–H and O–H groups in total. The van der Waals surface area contributed by atoms with Gasteiger partial charge in [-0.05, 0) is 48.5 Å². The minimum atomic E-state index is -4.80. The van der Waals surface area contributed by atoms with Gasteiger partial charge in [0.1, 0.15) is 18.4 Å². The van der Waals surface area contributed by atoms with E-state index in [1.165, 1.54) is 19.2 Å². The van der Waals surface area contributed by atoms with E-state index in [9.17, 15) is 13.2 Å². The van der Waals surface area contributed by atoms with Crippen LogP contribution in [0.2, 0.25) is 6.43 Å². The topological polar surface area (TPSA) is 108 Å². The van der Waals surface area contributed by atoms with E-state index < -0.39 is 73.7 Å². The summed E-state index contributed by atoms with van der Waals surface area (Å²) >= 11 is 6.54. The molecule has 0 bridgehead atoms. The highest BCUT2D eigenvalue weighted by Crippen LogP contribution is 2.36. The van der Waals surface area contributed by atoms with Gasteiger partial charge in [0, 0.05) is 9.11 Å². The van der Waals surface area contributed by atoms with Gasteiger partial charge >= 0.3 is 0 Å². The maximum Gasteiger partial charge on any atom is 0.265 e. The molecule has 1 aliphatic heterocycles. The normalized spacial score (nSPS) is 18.7. The minimum Gasteiger partial charge on any atom is -0.454 e. The first-order valence-electron chi connectivity index (χ1n) is 11.3. The first kappa shape index (κ1) is 12.9. The Kier molecular flexibility index (Phi) is 3.27. The summed E-state index contributed by atoms with van der Waals surface area (Å²) in [4.78, 5) is 12.1. The second-order valence-corrected chi connectivity index (χ2v) is 8.58. The Balaban J connectivity index is 1.81. The van der Waals surface area contributed by atoms with Crippen molar-refractivity contribution in [2.24, 2.45) is 0 Å². The van der Waals surface area contributed by atoms with Crippen LogP contribution in [-0.2, 0) is 16.4 Å². The maximum absolute atomic E-state index is 13.4. The van der Waals surface area contributed by atoms with E-state index in [-0.39, 0.29) is 21.0 Å². The van der Waals surface area contributed by atoms with Crippen LogP contribution < -0.4 is 14.2 Å². The Morgan fingerprint density at radius 2 is 2.17 bits per heavy atom. The molecule has 3 aromatic rings. The van der Waals surface area contributed by atoms with Gasteiger partial charge in [-0.3, -0.25) is 4.79 Å². The molecule has 0 radical (unpaired) electrons. The number of ether oxygens (including phenoxy) is 2. The van der Waals surface area contributed by atoms with Crippen LogP contribution >= 0.6 is 22.9 Å². The highest BCUT2D eigenvalue weighted by molar-refractivity contribution is 7.93. The second kappa shape index (κ2) is 7.36. The Morgan fingerprint density at radius 1 is 1.45 bits per heavy atom. The number of hydrogen-bond donors (Lipinski definition) is 1. The van der Waals surface area contributed by atoms with Crippen molar-refractivity contribution in [2.75, 3.05) is 11.5 Å². The van der Waals surface area contributed by atoms with E-state index in [0.29, 0.717) is 11.3 Å². The molecule has 0 atom stereocenters. The second-order valence-electron chi connectivity index (χ2n) is 5.72. The number of hydrogen-bond acceptors (Lipinski definition) is 8. The largest absolute Gasteiger partial charge is 0.454 e. The number of benzene rings is 1. The van der Waals surface area contributed by atoms with Crippen LogP contribution in [0, 0.1) is 13.8 Å². The van der Waals surface area contributed by atoms with Crippen molar-refractivity contribution in [3.63, 3.8) is 0 Å². The van der Waals surface area contributed by atoms with Crippen LogP contribution in [0.5, 0.6) is 11.5 Å². The quantitative estimate of drug-likeness (QED) is 0.553. The lowest BCUT2D eigenvalue weighted by Crippen LogP contribution is -2.16. The zero-order valence-electron chi connectivity index (χ0n) is 21.7. The number of nitrogens with zero attached hydrogens (tertiary/aromatic N) is 1. The zero-order valence-corrected chi connectivity index (χ0v) is 17.1. The van der Waals surface area contributed by atoms with Gasteiger partial charge in [-0.15, -0.1) is 11.3 Å². The lowest BCUT2D eigenvalue weighted by molar-refractivity contribution is 0.0994. The third kappa shape index (κ3) is 3.70. The predicted octanol–water partition coefficient (Wildman–Crippen LogP) is 3.96.